The number of carbonyl (C=O) groups is 1. The fraction of sp³-hybridized carbons (Fsp3) is 0.500. The zero-order valence-electron chi connectivity index (χ0n) is 10.2. The van der Waals surface area contributed by atoms with Crippen LogP contribution < -0.4 is 0 Å². The molecule has 0 bridgehead atoms. The molecule has 1 nitrogen and oxygen atoms in total. The van der Waals surface area contributed by atoms with Gasteiger partial charge in [0, 0.05) is 17.9 Å². The molecule has 0 aliphatic heterocycles. The summed E-state index contributed by atoms with van der Waals surface area (Å²) in [6, 6.07) is 2.58. The maximum Gasteiger partial charge on any atom is 0.143 e. The Labute approximate surface area is 114 Å². The highest BCUT2D eigenvalue weighted by Gasteiger charge is 2.28. The minimum Gasteiger partial charge on any atom is -0.299 e. The summed E-state index contributed by atoms with van der Waals surface area (Å²) in [5.74, 6) is -0.812. The summed E-state index contributed by atoms with van der Waals surface area (Å²) in [6.45, 7) is 2.08. The van der Waals surface area contributed by atoms with Crippen LogP contribution in [0.25, 0.3) is 0 Å². The molecule has 0 radical (unpaired) electrons. The highest BCUT2D eigenvalue weighted by Crippen LogP contribution is 2.31. The molecule has 0 aromatic heterocycles. The normalized spacial score (nSPS) is 24.3. The van der Waals surface area contributed by atoms with Gasteiger partial charge in [-0.25, -0.2) is 8.78 Å². The second kappa shape index (κ2) is 5.47. The monoisotopic (exact) mass is 316 g/mol. The summed E-state index contributed by atoms with van der Waals surface area (Å²) in [4.78, 5) is 11.8. The first kappa shape index (κ1) is 13.7. The van der Waals surface area contributed by atoms with Crippen LogP contribution in [0.1, 0.15) is 31.7 Å². The van der Waals surface area contributed by atoms with Crippen LogP contribution >= 0.6 is 15.9 Å². The molecule has 18 heavy (non-hydrogen) atoms. The number of halogens is 3. The first-order valence-corrected chi connectivity index (χ1v) is 6.93. The van der Waals surface area contributed by atoms with Gasteiger partial charge < -0.3 is 0 Å². The molecule has 1 saturated carbocycles. The van der Waals surface area contributed by atoms with Crippen molar-refractivity contribution in [1.82, 2.24) is 0 Å². The third-order valence-electron chi connectivity index (χ3n) is 3.62. The van der Waals surface area contributed by atoms with E-state index in [1.54, 1.807) is 0 Å². The van der Waals surface area contributed by atoms with Gasteiger partial charge in [0.05, 0.1) is 4.47 Å². The lowest BCUT2D eigenvalue weighted by molar-refractivity contribution is -0.125. The summed E-state index contributed by atoms with van der Waals surface area (Å²) >= 11 is 3.05. The van der Waals surface area contributed by atoms with Gasteiger partial charge in [0.15, 0.2) is 0 Å². The number of benzene rings is 1. The average Bonchev–Trinajstić information content (AvgIpc) is 2.34. The average molecular weight is 317 g/mol. The van der Waals surface area contributed by atoms with Crippen LogP contribution in [0.15, 0.2) is 16.6 Å². The number of hydrogen-bond donors (Lipinski definition) is 0. The lowest BCUT2D eigenvalue weighted by Crippen LogP contribution is -2.26. The van der Waals surface area contributed by atoms with E-state index in [-0.39, 0.29) is 28.2 Å². The quantitative estimate of drug-likeness (QED) is 0.744. The Morgan fingerprint density at radius 1 is 1.39 bits per heavy atom. The molecule has 1 aromatic rings. The van der Waals surface area contributed by atoms with E-state index in [4.69, 9.17) is 0 Å². The minimum absolute atomic E-state index is 0.0248. The van der Waals surface area contributed by atoms with Crippen LogP contribution in [-0.4, -0.2) is 5.78 Å². The van der Waals surface area contributed by atoms with Gasteiger partial charge in [0.25, 0.3) is 0 Å². The van der Waals surface area contributed by atoms with Gasteiger partial charge in [-0.05, 0) is 53.2 Å². The van der Waals surface area contributed by atoms with E-state index in [1.807, 2.05) is 0 Å². The van der Waals surface area contributed by atoms with E-state index in [0.717, 1.165) is 12.8 Å². The molecule has 0 amide bonds. The fourth-order valence-electron chi connectivity index (χ4n) is 2.53. The van der Waals surface area contributed by atoms with Crippen LogP contribution in [0.5, 0.6) is 0 Å². The summed E-state index contributed by atoms with van der Waals surface area (Å²) < 4.78 is 27.7. The molecule has 0 N–H and O–H groups in total. The Morgan fingerprint density at radius 3 is 2.83 bits per heavy atom. The Kier molecular flexibility index (Phi) is 4.15. The lowest BCUT2D eigenvalue weighted by Gasteiger charge is -2.25. The fourth-order valence-corrected chi connectivity index (χ4v) is 2.90. The maximum atomic E-state index is 13.8. The molecular weight excluding hydrogens is 302 g/mol. The van der Waals surface area contributed by atoms with Crippen molar-refractivity contribution in [2.75, 3.05) is 0 Å². The van der Waals surface area contributed by atoms with Crippen LogP contribution in [-0.2, 0) is 11.2 Å². The summed E-state index contributed by atoms with van der Waals surface area (Å²) in [7, 11) is 0. The van der Waals surface area contributed by atoms with Gasteiger partial charge in [-0.15, -0.1) is 0 Å². The SMILES string of the molecule is CC1CCC(=O)C(Cc2c(F)ccc(Br)c2F)C1. The van der Waals surface area contributed by atoms with Gasteiger partial charge in [-0.1, -0.05) is 6.92 Å². The maximum absolute atomic E-state index is 13.8. The van der Waals surface area contributed by atoms with Crippen molar-refractivity contribution < 1.29 is 13.6 Å². The third kappa shape index (κ3) is 2.79. The first-order chi connectivity index (χ1) is 8.49. The van der Waals surface area contributed by atoms with Crippen LogP contribution in [0.3, 0.4) is 0 Å². The largest absolute Gasteiger partial charge is 0.299 e. The van der Waals surface area contributed by atoms with Crippen molar-refractivity contribution >= 4 is 21.7 Å². The van der Waals surface area contributed by atoms with Crippen molar-refractivity contribution in [3.05, 3.63) is 33.8 Å². The Balaban J connectivity index is 2.23. The summed E-state index contributed by atoms with van der Waals surface area (Å²) in [6.07, 6.45) is 2.31. The molecule has 2 atom stereocenters. The number of rotatable bonds is 2. The van der Waals surface area contributed by atoms with Gasteiger partial charge in [0.2, 0.25) is 0 Å². The zero-order valence-corrected chi connectivity index (χ0v) is 11.8. The van der Waals surface area contributed by atoms with Gasteiger partial charge in [-0.2, -0.15) is 0 Å². The van der Waals surface area contributed by atoms with Crippen molar-refractivity contribution in [3.63, 3.8) is 0 Å². The van der Waals surface area contributed by atoms with E-state index in [1.165, 1.54) is 12.1 Å². The third-order valence-corrected chi connectivity index (χ3v) is 4.23. The first-order valence-electron chi connectivity index (χ1n) is 6.14. The number of Topliss-reactive ketones (excluding diaryl/α,β-unsaturated/α-hetero) is 1. The highest BCUT2D eigenvalue weighted by molar-refractivity contribution is 9.10. The van der Waals surface area contributed by atoms with Gasteiger partial charge in [-0.3, -0.25) is 4.79 Å². The molecule has 1 aliphatic rings. The Morgan fingerprint density at radius 2 is 2.11 bits per heavy atom. The van der Waals surface area contributed by atoms with E-state index in [9.17, 15) is 13.6 Å². The Bertz CT molecular complexity index is 473. The highest BCUT2D eigenvalue weighted by atomic mass is 79.9. The van der Waals surface area contributed by atoms with Crippen molar-refractivity contribution in [3.8, 4) is 0 Å². The standard InChI is InChI=1S/C14H15BrF2O/c1-8-2-5-13(18)9(6-8)7-10-12(16)4-3-11(15)14(10)17/h3-4,8-9H,2,5-7H2,1H3. The van der Waals surface area contributed by atoms with E-state index >= 15 is 0 Å². The van der Waals surface area contributed by atoms with Crippen molar-refractivity contribution in [2.45, 2.75) is 32.6 Å². The number of hydrogen-bond acceptors (Lipinski definition) is 1. The topological polar surface area (TPSA) is 17.1 Å². The molecule has 0 spiro atoms. The molecule has 1 fully saturated rings. The smallest absolute Gasteiger partial charge is 0.143 e. The number of carbonyl (C=O) groups excluding carboxylic acids is 1. The molecule has 98 valence electrons. The molecular formula is C14H15BrF2O. The second-order valence-electron chi connectivity index (χ2n) is 5.07. The summed E-state index contributed by atoms with van der Waals surface area (Å²) in [5, 5.41) is 0. The lowest BCUT2D eigenvalue weighted by atomic mass is 9.78. The van der Waals surface area contributed by atoms with Crippen molar-refractivity contribution in [1.29, 1.82) is 0 Å². The molecule has 0 heterocycles. The van der Waals surface area contributed by atoms with Crippen molar-refractivity contribution in [2.24, 2.45) is 11.8 Å². The molecule has 0 saturated heterocycles. The predicted octanol–water partition coefficient (Wildman–Crippen LogP) is 4.28. The minimum atomic E-state index is -0.582. The molecule has 4 heteroatoms. The van der Waals surface area contributed by atoms with E-state index in [0.29, 0.717) is 12.3 Å². The summed E-state index contributed by atoms with van der Waals surface area (Å²) in [5.41, 5.74) is 0.0248. The van der Waals surface area contributed by atoms with Crippen LogP contribution in [0, 0.1) is 23.5 Å². The molecule has 2 unspecified atom stereocenters. The van der Waals surface area contributed by atoms with Gasteiger partial charge >= 0.3 is 0 Å². The molecule has 1 aromatic carbocycles. The second-order valence-corrected chi connectivity index (χ2v) is 5.92. The number of ketones is 1. The Hall–Kier alpha value is -0.770. The van der Waals surface area contributed by atoms with E-state index in [2.05, 4.69) is 22.9 Å². The van der Waals surface area contributed by atoms with E-state index < -0.39 is 11.6 Å². The van der Waals surface area contributed by atoms with Crippen LogP contribution in [0.4, 0.5) is 8.78 Å². The molecule has 2 rings (SSSR count). The molecule has 1 aliphatic carbocycles. The predicted molar refractivity (Wildman–Crippen MR) is 69.3 cm³/mol. The zero-order chi connectivity index (χ0) is 13.3. The van der Waals surface area contributed by atoms with Crippen LogP contribution in [0.2, 0.25) is 0 Å². The van der Waals surface area contributed by atoms with Gasteiger partial charge in [0.1, 0.15) is 17.4 Å².